The second kappa shape index (κ2) is 8.46. The lowest BCUT2D eigenvalue weighted by molar-refractivity contribution is -0.115. The number of fused-ring (bicyclic) bond motifs is 1. The molecular formula is C21H21F2N5O3. The van der Waals surface area contributed by atoms with E-state index in [0.717, 1.165) is 5.57 Å². The van der Waals surface area contributed by atoms with Crippen LogP contribution in [0.3, 0.4) is 0 Å². The van der Waals surface area contributed by atoms with Gasteiger partial charge >= 0.3 is 0 Å². The summed E-state index contributed by atoms with van der Waals surface area (Å²) in [5, 5.41) is 2.51. The zero-order chi connectivity index (χ0) is 22.1. The average Bonchev–Trinajstić information content (AvgIpc) is 2.77. The average molecular weight is 429 g/mol. The van der Waals surface area contributed by atoms with Gasteiger partial charge in [-0.15, -0.1) is 0 Å². The summed E-state index contributed by atoms with van der Waals surface area (Å²) in [5.41, 5.74) is 0.949. The van der Waals surface area contributed by atoms with Crippen molar-refractivity contribution in [2.45, 2.75) is 31.5 Å². The third kappa shape index (κ3) is 4.29. The Hall–Kier alpha value is -3.27. The molecule has 0 aromatic carbocycles. The fraction of sp³-hybridized carbons (Fsp3) is 0.381. The largest absolute Gasteiger partial charge is 0.486 e. The molecule has 0 bridgehead atoms. The highest BCUT2D eigenvalue weighted by molar-refractivity contribution is 6.17. The molecule has 2 amide bonds. The summed E-state index contributed by atoms with van der Waals surface area (Å²) in [4.78, 5) is 37.6. The molecule has 8 nitrogen and oxygen atoms in total. The zero-order valence-corrected chi connectivity index (χ0v) is 17.0. The van der Waals surface area contributed by atoms with Gasteiger partial charge in [-0.05, 0) is 36.8 Å². The Morgan fingerprint density at radius 2 is 2.19 bits per heavy atom. The quantitative estimate of drug-likeness (QED) is 0.738. The van der Waals surface area contributed by atoms with Gasteiger partial charge in [0.2, 0.25) is 0 Å². The number of carbonyl (C=O) groups excluding carboxylic acids is 2. The van der Waals surface area contributed by atoms with E-state index < -0.39 is 23.9 Å². The maximum atomic E-state index is 12.9. The van der Waals surface area contributed by atoms with E-state index in [-0.39, 0.29) is 18.1 Å². The summed E-state index contributed by atoms with van der Waals surface area (Å²) in [6.45, 7) is 3.28. The van der Waals surface area contributed by atoms with E-state index in [1.54, 1.807) is 31.5 Å². The molecule has 3 atom stereocenters. The minimum Gasteiger partial charge on any atom is -0.486 e. The second-order valence-corrected chi connectivity index (χ2v) is 7.49. The first-order valence-electron chi connectivity index (χ1n) is 9.81. The smallest absolute Gasteiger partial charge is 0.278 e. The predicted molar refractivity (Wildman–Crippen MR) is 110 cm³/mol. The number of alkyl halides is 2. The van der Waals surface area contributed by atoms with Crippen LogP contribution in [-0.4, -0.2) is 78.4 Å². The van der Waals surface area contributed by atoms with Crippen LogP contribution in [-0.2, 0) is 4.79 Å². The maximum Gasteiger partial charge on any atom is 0.278 e. The van der Waals surface area contributed by atoms with Gasteiger partial charge in [-0.2, -0.15) is 0 Å². The van der Waals surface area contributed by atoms with Crippen LogP contribution >= 0.6 is 0 Å². The first-order chi connectivity index (χ1) is 14.9. The van der Waals surface area contributed by atoms with Crippen LogP contribution in [0.1, 0.15) is 17.4 Å². The van der Waals surface area contributed by atoms with E-state index in [1.807, 2.05) is 6.92 Å². The molecule has 4 rings (SSSR count). The fourth-order valence-corrected chi connectivity index (χ4v) is 3.58. The maximum absolute atomic E-state index is 12.9. The number of rotatable bonds is 6. The fourth-order valence-electron chi connectivity index (χ4n) is 3.58. The molecule has 0 spiro atoms. The molecule has 0 saturated carbocycles. The normalized spacial score (nSPS) is 25.3. The van der Waals surface area contributed by atoms with Crippen LogP contribution in [0.2, 0.25) is 0 Å². The topological polar surface area (TPSA) is 96.2 Å². The van der Waals surface area contributed by atoms with Gasteiger partial charge in [0.25, 0.3) is 18.2 Å². The van der Waals surface area contributed by atoms with Gasteiger partial charge < -0.3 is 10.1 Å². The molecule has 4 heterocycles. The number of nitrogens with zero attached hydrogens (tertiary/aromatic N) is 4. The van der Waals surface area contributed by atoms with Gasteiger partial charge in [-0.1, -0.05) is 0 Å². The SMILES string of the molecule is CNC(=O)c1ccc(O[C@H]2CN(CC3=CC4=NC(=O)C(C(F)F)=CC4N=C3)[C@@H]2C)cn1. The van der Waals surface area contributed by atoms with Crippen molar-refractivity contribution in [3.8, 4) is 5.75 Å². The van der Waals surface area contributed by atoms with Gasteiger partial charge in [0.05, 0.1) is 17.5 Å². The van der Waals surface area contributed by atoms with Crippen LogP contribution in [0.15, 0.2) is 51.6 Å². The van der Waals surface area contributed by atoms with Crippen molar-refractivity contribution >= 4 is 23.7 Å². The van der Waals surface area contributed by atoms with E-state index in [2.05, 4.69) is 25.2 Å². The molecule has 1 saturated heterocycles. The number of hydrogen-bond acceptors (Lipinski definition) is 6. The van der Waals surface area contributed by atoms with Crippen molar-refractivity contribution < 1.29 is 23.1 Å². The van der Waals surface area contributed by atoms with E-state index in [4.69, 9.17) is 4.74 Å². The van der Waals surface area contributed by atoms with E-state index in [9.17, 15) is 18.4 Å². The molecule has 10 heteroatoms. The lowest BCUT2D eigenvalue weighted by Crippen LogP contribution is -2.61. The van der Waals surface area contributed by atoms with E-state index in [0.29, 0.717) is 30.2 Å². The highest BCUT2D eigenvalue weighted by Gasteiger charge is 2.38. The van der Waals surface area contributed by atoms with Gasteiger partial charge in [-0.3, -0.25) is 19.5 Å². The first-order valence-corrected chi connectivity index (χ1v) is 9.81. The molecule has 1 fully saturated rings. The number of aromatic nitrogens is 1. The monoisotopic (exact) mass is 429 g/mol. The highest BCUT2D eigenvalue weighted by atomic mass is 19.3. The molecule has 1 unspecified atom stereocenters. The van der Waals surface area contributed by atoms with Crippen LogP contribution in [0.4, 0.5) is 8.78 Å². The number of pyridine rings is 1. The number of halogens is 2. The summed E-state index contributed by atoms with van der Waals surface area (Å²) in [5.74, 6) is -0.581. The van der Waals surface area contributed by atoms with Gasteiger partial charge in [-0.25, -0.2) is 18.8 Å². The number of dihydropyridines is 2. The van der Waals surface area contributed by atoms with Gasteiger partial charge in [0.15, 0.2) is 0 Å². The Morgan fingerprint density at radius 3 is 2.84 bits per heavy atom. The molecule has 1 N–H and O–H groups in total. The lowest BCUT2D eigenvalue weighted by Gasteiger charge is -2.46. The molecule has 162 valence electrons. The summed E-state index contributed by atoms with van der Waals surface area (Å²) in [6, 6.07) is 2.80. The minimum absolute atomic E-state index is 0.0355. The Bertz CT molecular complexity index is 1020. The van der Waals surface area contributed by atoms with E-state index in [1.165, 1.54) is 12.3 Å². The number of amides is 2. The predicted octanol–water partition coefficient (Wildman–Crippen LogP) is 1.44. The summed E-state index contributed by atoms with van der Waals surface area (Å²) >= 11 is 0. The van der Waals surface area contributed by atoms with Crippen LogP contribution in [0.25, 0.3) is 0 Å². The number of hydrogen-bond donors (Lipinski definition) is 1. The zero-order valence-electron chi connectivity index (χ0n) is 17.0. The Labute approximate surface area is 177 Å². The van der Waals surface area contributed by atoms with Crippen LogP contribution in [0, 0.1) is 0 Å². The standard InChI is InChI=1S/C21H21F2N5O3/c1-11-18(31-13-3-4-15(26-8-13)21(30)24-2)10-28(11)9-12-5-17-16(25-7-12)6-14(19(22)23)20(29)27-17/h3-8,11,16,18-19H,9-10H2,1-2H3,(H,24,30)/t11-,16?,18+/m1/s1. The third-order valence-electron chi connectivity index (χ3n) is 5.49. The van der Waals surface area contributed by atoms with Crippen LogP contribution in [0.5, 0.6) is 5.75 Å². The molecule has 3 aliphatic rings. The Morgan fingerprint density at radius 1 is 1.39 bits per heavy atom. The molecule has 0 aliphatic carbocycles. The summed E-state index contributed by atoms with van der Waals surface area (Å²) < 4.78 is 31.7. The van der Waals surface area contributed by atoms with E-state index >= 15 is 0 Å². The van der Waals surface area contributed by atoms with Crippen molar-refractivity contribution in [1.82, 2.24) is 15.2 Å². The van der Waals surface area contributed by atoms with Crippen molar-refractivity contribution in [2.24, 2.45) is 9.98 Å². The summed E-state index contributed by atoms with van der Waals surface area (Å²) in [7, 11) is 1.54. The molecular weight excluding hydrogens is 408 g/mol. The summed E-state index contributed by atoms with van der Waals surface area (Å²) in [6.07, 6.45) is 3.19. The molecule has 31 heavy (non-hydrogen) atoms. The van der Waals surface area contributed by atoms with Gasteiger partial charge in [0, 0.05) is 32.4 Å². The number of aliphatic imine (C=N–C) groups is 2. The minimum atomic E-state index is -2.85. The number of likely N-dealkylation sites (tertiary alicyclic amines) is 1. The Kier molecular flexibility index (Phi) is 5.73. The van der Waals surface area contributed by atoms with Crippen LogP contribution < -0.4 is 10.1 Å². The number of ether oxygens (including phenoxy) is 1. The second-order valence-electron chi connectivity index (χ2n) is 7.49. The van der Waals surface area contributed by atoms with Crippen molar-refractivity contribution in [1.29, 1.82) is 0 Å². The third-order valence-corrected chi connectivity index (χ3v) is 5.49. The number of carbonyl (C=O) groups is 2. The highest BCUT2D eigenvalue weighted by Crippen LogP contribution is 2.26. The van der Waals surface area contributed by atoms with Crippen molar-refractivity contribution in [3.05, 3.63) is 47.3 Å². The molecule has 3 aliphatic heterocycles. The Balaban J connectivity index is 1.33. The molecule has 1 aromatic heterocycles. The van der Waals surface area contributed by atoms with Gasteiger partial charge in [0.1, 0.15) is 23.6 Å². The van der Waals surface area contributed by atoms with Crippen molar-refractivity contribution in [3.63, 3.8) is 0 Å². The lowest BCUT2D eigenvalue weighted by atomic mass is 9.96. The number of nitrogens with one attached hydrogen (secondary N) is 1. The first kappa shape index (κ1) is 21.0. The molecule has 0 radical (unpaired) electrons. The molecule has 1 aromatic rings. The van der Waals surface area contributed by atoms with Crippen molar-refractivity contribution in [2.75, 3.05) is 20.1 Å².